The van der Waals surface area contributed by atoms with E-state index in [1.807, 2.05) is 13.8 Å². The largest absolute Gasteiger partial charge is 0.493 e. The average Bonchev–Trinajstić information content (AvgIpc) is 2.87. The molecule has 0 unspecified atom stereocenters. The van der Waals surface area contributed by atoms with Crippen molar-refractivity contribution in [1.82, 2.24) is 9.66 Å². The molecule has 0 saturated carbocycles. The molecule has 0 saturated heterocycles. The normalized spacial score (nSPS) is 12.9. The Hall–Kier alpha value is -3.80. The molecule has 0 fully saturated rings. The molecular weight excluding hydrogens is 536 g/mol. The summed E-state index contributed by atoms with van der Waals surface area (Å²) in [6.45, 7) is 5.30. The monoisotopic (exact) mass is 560 g/mol. The smallest absolute Gasteiger partial charge is 0.346 e. The predicted octanol–water partition coefficient (Wildman–Crippen LogP) is 4.41. The number of carbonyl (C=O) groups excluding carboxylic acids is 1. The van der Waals surface area contributed by atoms with Crippen LogP contribution in [-0.4, -0.2) is 47.1 Å². The molecule has 0 amide bonds. The molecule has 0 aliphatic rings. The zero-order valence-corrected chi connectivity index (χ0v) is 21.9. The van der Waals surface area contributed by atoms with Crippen LogP contribution in [0.3, 0.4) is 0 Å². The van der Waals surface area contributed by atoms with Gasteiger partial charge in [0.05, 0.1) is 36.3 Å². The molecule has 0 aliphatic heterocycles. The first kappa shape index (κ1) is 26.8. The standard InChI is InChI=1S/C24H25BrN4O7/c1-6-13(2)22-27-18-8-7-16(25)11-17(18)23(30)28(22)26-12-15-9-19(29(32)33)21(20(10-15)34-4)36-14(3)24(31)35-5/h7-14H,6H2,1-5H3/t13-,14-/m1/s1. The number of esters is 1. The number of rotatable bonds is 9. The van der Waals surface area contributed by atoms with Crippen LogP contribution < -0.4 is 15.0 Å². The average molecular weight is 561 g/mol. The maximum absolute atomic E-state index is 13.3. The van der Waals surface area contributed by atoms with Gasteiger partial charge in [0.1, 0.15) is 5.82 Å². The third-order valence-corrected chi connectivity index (χ3v) is 6.00. The molecular formula is C24H25BrN4O7. The van der Waals surface area contributed by atoms with Crippen LogP contribution in [0.1, 0.15) is 44.5 Å². The molecule has 190 valence electrons. The van der Waals surface area contributed by atoms with Gasteiger partial charge in [-0.2, -0.15) is 9.78 Å². The van der Waals surface area contributed by atoms with Crippen molar-refractivity contribution < 1.29 is 23.9 Å². The fourth-order valence-corrected chi connectivity index (χ4v) is 3.74. The highest BCUT2D eigenvalue weighted by atomic mass is 79.9. The Morgan fingerprint density at radius 1 is 1.28 bits per heavy atom. The van der Waals surface area contributed by atoms with Gasteiger partial charge in [0.15, 0.2) is 11.9 Å². The lowest BCUT2D eigenvalue weighted by atomic mass is 10.1. The number of nitro benzene ring substituents is 1. The first-order valence-electron chi connectivity index (χ1n) is 11.0. The third-order valence-electron chi connectivity index (χ3n) is 5.51. The zero-order valence-electron chi connectivity index (χ0n) is 20.4. The maximum Gasteiger partial charge on any atom is 0.346 e. The summed E-state index contributed by atoms with van der Waals surface area (Å²) in [6.07, 6.45) is 0.914. The second kappa shape index (κ2) is 11.3. The zero-order chi connectivity index (χ0) is 26.6. The Bertz CT molecular complexity index is 1400. The highest BCUT2D eigenvalue weighted by molar-refractivity contribution is 9.10. The molecule has 1 aromatic heterocycles. The van der Waals surface area contributed by atoms with Crippen molar-refractivity contribution in [3.05, 3.63) is 66.7 Å². The van der Waals surface area contributed by atoms with Gasteiger partial charge in [-0.15, -0.1) is 0 Å². The number of nitro groups is 1. The number of aromatic nitrogens is 2. The van der Waals surface area contributed by atoms with Gasteiger partial charge in [-0.3, -0.25) is 14.9 Å². The number of carbonyl (C=O) groups is 1. The van der Waals surface area contributed by atoms with E-state index in [2.05, 4.69) is 30.8 Å². The number of benzene rings is 2. The van der Waals surface area contributed by atoms with E-state index < -0.39 is 22.7 Å². The molecule has 1 heterocycles. The number of nitrogens with zero attached hydrogens (tertiary/aromatic N) is 4. The summed E-state index contributed by atoms with van der Waals surface area (Å²) in [5.41, 5.74) is -0.000709. The van der Waals surface area contributed by atoms with E-state index >= 15 is 0 Å². The predicted molar refractivity (Wildman–Crippen MR) is 137 cm³/mol. The number of methoxy groups -OCH3 is 2. The molecule has 0 aliphatic carbocycles. The SMILES string of the molecule is CC[C@@H](C)c1nc2ccc(Br)cc2c(=O)n1N=Cc1cc(OC)c(O[C@H](C)C(=O)OC)c([N+](=O)[O-])c1. The minimum atomic E-state index is -1.11. The molecule has 3 aromatic rings. The molecule has 0 radical (unpaired) electrons. The van der Waals surface area contributed by atoms with Gasteiger partial charge in [0.2, 0.25) is 5.75 Å². The van der Waals surface area contributed by atoms with Crippen molar-refractivity contribution in [1.29, 1.82) is 0 Å². The van der Waals surface area contributed by atoms with E-state index in [1.165, 1.54) is 44.2 Å². The minimum absolute atomic E-state index is 0.0106. The number of fused-ring (bicyclic) bond motifs is 1. The van der Waals surface area contributed by atoms with Gasteiger partial charge in [-0.25, -0.2) is 9.78 Å². The highest BCUT2D eigenvalue weighted by Gasteiger charge is 2.27. The summed E-state index contributed by atoms with van der Waals surface area (Å²) in [5.74, 6) is -0.544. The van der Waals surface area contributed by atoms with Crippen LogP contribution in [0.4, 0.5) is 5.69 Å². The van der Waals surface area contributed by atoms with Gasteiger partial charge in [-0.05, 0) is 37.6 Å². The van der Waals surface area contributed by atoms with E-state index in [1.54, 1.807) is 18.2 Å². The number of hydrogen-bond donors (Lipinski definition) is 0. The van der Waals surface area contributed by atoms with Crippen LogP contribution in [0.15, 0.2) is 44.7 Å². The number of halogens is 1. The quantitative estimate of drug-likeness (QED) is 0.162. The second-order valence-electron chi connectivity index (χ2n) is 7.91. The van der Waals surface area contributed by atoms with Gasteiger partial charge >= 0.3 is 11.7 Å². The van der Waals surface area contributed by atoms with E-state index in [0.29, 0.717) is 23.1 Å². The molecule has 2 aromatic carbocycles. The van der Waals surface area contributed by atoms with E-state index in [-0.39, 0.29) is 28.5 Å². The van der Waals surface area contributed by atoms with Crippen molar-refractivity contribution in [2.75, 3.05) is 14.2 Å². The number of ether oxygens (including phenoxy) is 3. The Kier molecular flexibility index (Phi) is 8.41. The molecule has 0 N–H and O–H groups in total. The molecule has 12 heteroatoms. The van der Waals surface area contributed by atoms with Crippen LogP contribution in [0, 0.1) is 10.1 Å². The van der Waals surface area contributed by atoms with Crippen molar-refractivity contribution in [3.63, 3.8) is 0 Å². The van der Waals surface area contributed by atoms with Gasteiger partial charge < -0.3 is 14.2 Å². The summed E-state index contributed by atoms with van der Waals surface area (Å²) in [6, 6.07) is 7.89. The van der Waals surface area contributed by atoms with Crippen molar-refractivity contribution >= 4 is 44.7 Å². The topological polar surface area (TPSA) is 135 Å². The minimum Gasteiger partial charge on any atom is -0.493 e. The first-order chi connectivity index (χ1) is 17.1. The maximum atomic E-state index is 13.3. The van der Waals surface area contributed by atoms with Gasteiger partial charge in [-0.1, -0.05) is 29.8 Å². The molecule has 2 atom stereocenters. The summed E-state index contributed by atoms with van der Waals surface area (Å²) < 4.78 is 17.3. The van der Waals surface area contributed by atoms with Crippen LogP contribution in [0.2, 0.25) is 0 Å². The molecule has 3 rings (SSSR count). The lowest BCUT2D eigenvalue weighted by Crippen LogP contribution is -2.25. The van der Waals surface area contributed by atoms with E-state index in [9.17, 15) is 19.7 Å². The van der Waals surface area contributed by atoms with Gasteiger partial charge in [0, 0.05) is 22.0 Å². The Morgan fingerprint density at radius 2 is 2.00 bits per heavy atom. The second-order valence-corrected chi connectivity index (χ2v) is 8.83. The van der Waals surface area contributed by atoms with Gasteiger partial charge in [0.25, 0.3) is 5.56 Å². The van der Waals surface area contributed by atoms with Crippen LogP contribution in [-0.2, 0) is 9.53 Å². The molecule has 11 nitrogen and oxygen atoms in total. The van der Waals surface area contributed by atoms with E-state index in [4.69, 9.17) is 9.47 Å². The van der Waals surface area contributed by atoms with Crippen molar-refractivity contribution in [2.45, 2.75) is 39.2 Å². The first-order valence-corrected chi connectivity index (χ1v) is 11.8. The van der Waals surface area contributed by atoms with Crippen LogP contribution >= 0.6 is 15.9 Å². The fraction of sp³-hybridized carbons (Fsp3) is 0.333. The third kappa shape index (κ3) is 5.54. The van der Waals surface area contributed by atoms with E-state index in [0.717, 1.165) is 4.47 Å². The van der Waals surface area contributed by atoms with Crippen LogP contribution in [0.25, 0.3) is 10.9 Å². The lowest BCUT2D eigenvalue weighted by molar-refractivity contribution is -0.386. The summed E-state index contributed by atoms with van der Waals surface area (Å²) in [7, 11) is 2.50. The van der Waals surface area contributed by atoms with Crippen LogP contribution in [0.5, 0.6) is 11.5 Å². The highest BCUT2D eigenvalue weighted by Crippen LogP contribution is 2.38. The van der Waals surface area contributed by atoms with Crippen molar-refractivity contribution in [3.8, 4) is 11.5 Å². The Morgan fingerprint density at radius 3 is 2.61 bits per heavy atom. The summed E-state index contributed by atoms with van der Waals surface area (Å²) in [4.78, 5) is 40.8. The Labute approximate surface area is 215 Å². The number of hydrogen-bond acceptors (Lipinski definition) is 9. The molecule has 0 spiro atoms. The molecule has 0 bridgehead atoms. The fourth-order valence-electron chi connectivity index (χ4n) is 3.38. The lowest BCUT2D eigenvalue weighted by Gasteiger charge is -2.16. The Balaban J connectivity index is 2.15. The summed E-state index contributed by atoms with van der Waals surface area (Å²) in [5, 5.41) is 16.5. The summed E-state index contributed by atoms with van der Waals surface area (Å²) >= 11 is 3.37. The molecule has 36 heavy (non-hydrogen) atoms. The van der Waals surface area contributed by atoms with Crippen molar-refractivity contribution in [2.24, 2.45) is 5.10 Å².